The van der Waals surface area contributed by atoms with Gasteiger partial charge in [0.05, 0.1) is 24.3 Å². The highest BCUT2D eigenvalue weighted by Gasteiger charge is 2.08. The number of nitriles is 1. The van der Waals surface area contributed by atoms with Crippen LogP contribution >= 0.6 is 0 Å². The molecule has 1 aromatic heterocycles. The van der Waals surface area contributed by atoms with Gasteiger partial charge in [0.25, 0.3) is 0 Å². The monoisotopic (exact) mass is 304 g/mol. The summed E-state index contributed by atoms with van der Waals surface area (Å²) < 4.78 is 11.2. The van der Waals surface area contributed by atoms with Gasteiger partial charge in [-0.1, -0.05) is 18.2 Å². The minimum Gasteiger partial charge on any atom is -0.493 e. The maximum Gasteiger partial charge on any atom is 0.162 e. The number of aromatic nitrogens is 1. The second-order valence-electron chi connectivity index (χ2n) is 5.21. The van der Waals surface area contributed by atoms with Crippen LogP contribution in [-0.4, -0.2) is 12.1 Å². The number of nitrogens with zero attached hydrogens (tertiary/aromatic N) is 2. The number of para-hydroxylation sites is 1. The third-order valence-corrected chi connectivity index (χ3v) is 3.61. The number of hydrogen-bond donors (Lipinski definition) is 0. The van der Waals surface area contributed by atoms with Crippen LogP contribution in [0.4, 0.5) is 0 Å². The molecular formula is C19H16N2O2. The minimum absolute atomic E-state index is 0.409. The molecule has 0 spiro atoms. The Bertz CT molecular complexity index is 898. The van der Waals surface area contributed by atoms with Crippen molar-refractivity contribution in [1.29, 1.82) is 5.26 Å². The lowest BCUT2D eigenvalue weighted by molar-refractivity contribution is 0.285. The van der Waals surface area contributed by atoms with Crippen LogP contribution in [0, 0.1) is 18.3 Å². The van der Waals surface area contributed by atoms with Gasteiger partial charge in [-0.25, -0.2) is 0 Å². The van der Waals surface area contributed by atoms with Crippen LogP contribution in [0.2, 0.25) is 0 Å². The summed E-state index contributed by atoms with van der Waals surface area (Å²) in [5.74, 6) is 1.17. The lowest BCUT2D eigenvalue weighted by Gasteiger charge is -2.12. The molecule has 4 heteroatoms. The third-order valence-electron chi connectivity index (χ3n) is 3.61. The molecule has 3 rings (SSSR count). The first kappa shape index (κ1) is 14.9. The molecular weight excluding hydrogens is 288 g/mol. The molecule has 0 atom stereocenters. The number of rotatable bonds is 4. The lowest BCUT2D eigenvalue weighted by Crippen LogP contribution is -2.00. The maximum absolute atomic E-state index is 8.95. The second kappa shape index (κ2) is 6.37. The van der Waals surface area contributed by atoms with E-state index in [1.807, 2.05) is 37.3 Å². The van der Waals surface area contributed by atoms with E-state index in [1.165, 1.54) is 0 Å². The number of benzene rings is 2. The summed E-state index contributed by atoms with van der Waals surface area (Å²) in [6.07, 6.45) is 0. The maximum atomic E-state index is 8.95. The zero-order valence-electron chi connectivity index (χ0n) is 13.0. The van der Waals surface area contributed by atoms with E-state index in [0.29, 0.717) is 23.7 Å². The molecule has 0 saturated carbocycles. The number of methoxy groups -OCH3 is 1. The van der Waals surface area contributed by atoms with Gasteiger partial charge in [-0.2, -0.15) is 5.26 Å². The van der Waals surface area contributed by atoms with Crippen molar-refractivity contribution in [3.8, 4) is 17.6 Å². The fourth-order valence-electron chi connectivity index (χ4n) is 2.53. The van der Waals surface area contributed by atoms with Crippen molar-refractivity contribution in [2.75, 3.05) is 7.11 Å². The van der Waals surface area contributed by atoms with Gasteiger partial charge in [0.15, 0.2) is 11.5 Å². The van der Waals surface area contributed by atoms with E-state index in [2.05, 4.69) is 11.1 Å². The van der Waals surface area contributed by atoms with E-state index in [9.17, 15) is 0 Å². The van der Waals surface area contributed by atoms with E-state index in [1.54, 1.807) is 25.3 Å². The van der Waals surface area contributed by atoms with Crippen molar-refractivity contribution in [1.82, 2.24) is 4.98 Å². The Morgan fingerprint density at radius 3 is 2.70 bits per heavy atom. The van der Waals surface area contributed by atoms with E-state index in [0.717, 1.165) is 22.2 Å². The Morgan fingerprint density at radius 1 is 1.09 bits per heavy atom. The molecule has 1 heterocycles. The normalized spacial score (nSPS) is 10.3. The lowest BCUT2D eigenvalue weighted by atomic mass is 10.1. The molecule has 4 nitrogen and oxygen atoms in total. The van der Waals surface area contributed by atoms with Crippen LogP contribution in [0.25, 0.3) is 10.9 Å². The zero-order valence-corrected chi connectivity index (χ0v) is 13.0. The van der Waals surface area contributed by atoms with E-state index < -0.39 is 0 Å². The van der Waals surface area contributed by atoms with E-state index in [4.69, 9.17) is 14.7 Å². The molecule has 0 radical (unpaired) electrons. The highest BCUT2D eigenvalue weighted by Crippen LogP contribution is 2.29. The van der Waals surface area contributed by atoms with Gasteiger partial charge in [-0.05, 0) is 31.2 Å². The zero-order chi connectivity index (χ0) is 16.2. The van der Waals surface area contributed by atoms with Crippen molar-refractivity contribution in [2.24, 2.45) is 0 Å². The quantitative estimate of drug-likeness (QED) is 0.731. The molecule has 3 aromatic rings. The molecule has 0 fully saturated rings. The average molecular weight is 304 g/mol. The summed E-state index contributed by atoms with van der Waals surface area (Å²) in [6, 6.07) is 17.3. The van der Waals surface area contributed by atoms with Crippen molar-refractivity contribution >= 4 is 10.9 Å². The van der Waals surface area contributed by atoms with Crippen molar-refractivity contribution in [2.45, 2.75) is 13.5 Å². The van der Waals surface area contributed by atoms with Crippen LogP contribution in [-0.2, 0) is 6.61 Å². The summed E-state index contributed by atoms with van der Waals surface area (Å²) in [7, 11) is 1.56. The SMILES string of the molecule is COc1cc(C#N)ccc1OCc1cc(C)nc2ccccc12. The molecule has 114 valence electrons. The van der Waals surface area contributed by atoms with Gasteiger partial charge in [-0.3, -0.25) is 4.98 Å². The topological polar surface area (TPSA) is 55.1 Å². The summed E-state index contributed by atoms with van der Waals surface area (Å²) in [6.45, 7) is 2.38. The Balaban J connectivity index is 1.91. The van der Waals surface area contributed by atoms with Crippen LogP contribution in [0.3, 0.4) is 0 Å². The summed E-state index contributed by atoms with van der Waals surface area (Å²) >= 11 is 0. The van der Waals surface area contributed by atoms with Crippen LogP contribution in [0.15, 0.2) is 48.5 Å². The predicted molar refractivity (Wildman–Crippen MR) is 88.5 cm³/mol. The molecule has 2 aromatic carbocycles. The standard InChI is InChI=1S/C19H16N2O2/c1-13-9-15(16-5-3-4-6-17(16)21-13)12-23-18-8-7-14(11-20)10-19(18)22-2/h3-10H,12H2,1-2H3. The second-order valence-corrected chi connectivity index (χ2v) is 5.21. The Kier molecular flexibility index (Phi) is 4.11. The fraction of sp³-hybridized carbons (Fsp3) is 0.158. The number of pyridine rings is 1. The molecule has 0 aliphatic rings. The summed E-state index contributed by atoms with van der Waals surface area (Å²) in [4.78, 5) is 4.53. The van der Waals surface area contributed by atoms with E-state index >= 15 is 0 Å². The number of hydrogen-bond acceptors (Lipinski definition) is 4. The minimum atomic E-state index is 0.409. The summed E-state index contributed by atoms with van der Waals surface area (Å²) in [5.41, 5.74) is 3.52. The Hall–Kier alpha value is -3.06. The molecule has 0 unspecified atom stereocenters. The van der Waals surface area contributed by atoms with Gasteiger partial charge in [0.2, 0.25) is 0 Å². The molecule has 0 N–H and O–H groups in total. The highest BCUT2D eigenvalue weighted by atomic mass is 16.5. The van der Waals surface area contributed by atoms with E-state index in [-0.39, 0.29) is 0 Å². The number of fused-ring (bicyclic) bond motifs is 1. The van der Waals surface area contributed by atoms with Crippen molar-refractivity contribution in [3.05, 3.63) is 65.4 Å². The summed E-state index contributed by atoms with van der Waals surface area (Å²) in [5, 5.41) is 10.0. The van der Waals surface area contributed by atoms with Crippen molar-refractivity contribution < 1.29 is 9.47 Å². The molecule has 23 heavy (non-hydrogen) atoms. The van der Waals surface area contributed by atoms with Gasteiger partial charge in [0.1, 0.15) is 6.61 Å². The third kappa shape index (κ3) is 3.09. The largest absolute Gasteiger partial charge is 0.493 e. The van der Waals surface area contributed by atoms with Crippen LogP contribution in [0.5, 0.6) is 11.5 Å². The first-order chi connectivity index (χ1) is 11.2. The fourth-order valence-corrected chi connectivity index (χ4v) is 2.53. The predicted octanol–water partition coefficient (Wildman–Crippen LogP) is 4.00. The number of aryl methyl sites for hydroxylation is 1. The van der Waals surface area contributed by atoms with Crippen LogP contribution < -0.4 is 9.47 Å². The molecule has 0 aliphatic heterocycles. The highest BCUT2D eigenvalue weighted by molar-refractivity contribution is 5.82. The average Bonchev–Trinajstić information content (AvgIpc) is 2.59. The van der Waals surface area contributed by atoms with Crippen molar-refractivity contribution in [3.63, 3.8) is 0 Å². The molecule has 0 amide bonds. The molecule has 0 saturated heterocycles. The molecule has 0 bridgehead atoms. The van der Waals surface area contributed by atoms with Gasteiger partial charge < -0.3 is 9.47 Å². The van der Waals surface area contributed by atoms with Gasteiger partial charge >= 0.3 is 0 Å². The molecule has 0 aliphatic carbocycles. The Labute approximate surface area is 134 Å². The Morgan fingerprint density at radius 2 is 1.91 bits per heavy atom. The van der Waals surface area contributed by atoms with Gasteiger partial charge in [0, 0.05) is 22.7 Å². The van der Waals surface area contributed by atoms with Crippen LogP contribution in [0.1, 0.15) is 16.8 Å². The number of ether oxygens (including phenoxy) is 2. The smallest absolute Gasteiger partial charge is 0.162 e. The first-order valence-corrected chi connectivity index (χ1v) is 7.27. The van der Waals surface area contributed by atoms with Gasteiger partial charge in [-0.15, -0.1) is 0 Å². The first-order valence-electron chi connectivity index (χ1n) is 7.27.